The van der Waals surface area contributed by atoms with Crippen molar-refractivity contribution in [3.63, 3.8) is 0 Å². The van der Waals surface area contributed by atoms with Crippen LogP contribution in [0.2, 0.25) is 0 Å². The zero-order valence-corrected chi connectivity index (χ0v) is 35.6. The predicted molar refractivity (Wildman–Crippen MR) is 225 cm³/mol. The summed E-state index contributed by atoms with van der Waals surface area (Å²) in [7, 11) is 0. The van der Waals surface area contributed by atoms with Crippen molar-refractivity contribution in [1.82, 2.24) is 0 Å². The fourth-order valence-electron chi connectivity index (χ4n) is 5.94. The van der Waals surface area contributed by atoms with Gasteiger partial charge in [-0.1, -0.05) is 78.6 Å². The SMILES string of the molecule is CCCCCCOCCOc1cc(C(=O)Oc2ccc(OC(=O)c3cc(C)c(C)c(C)c3)cc2)cc(OCCOCCCCCC)c1OCCOCCCCCC. The smallest absolute Gasteiger partial charge is 0.343 e. The lowest BCUT2D eigenvalue weighted by Crippen LogP contribution is -2.15. The molecule has 3 aromatic rings. The maximum atomic E-state index is 13.7. The lowest BCUT2D eigenvalue weighted by atomic mass is 10.0. The van der Waals surface area contributed by atoms with Gasteiger partial charge < -0.3 is 37.9 Å². The van der Waals surface area contributed by atoms with Crippen molar-refractivity contribution in [3.05, 3.63) is 76.3 Å². The second-order valence-corrected chi connectivity index (χ2v) is 14.4. The number of hydrogen-bond acceptors (Lipinski definition) is 10. The lowest BCUT2D eigenvalue weighted by molar-refractivity contribution is 0.0716. The van der Waals surface area contributed by atoms with Crippen molar-refractivity contribution >= 4 is 11.9 Å². The van der Waals surface area contributed by atoms with Crippen LogP contribution in [-0.2, 0) is 14.2 Å². The minimum absolute atomic E-state index is 0.209. The van der Waals surface area contributed by atoms with Crippen LogP contribution in [0.1, 0.15) is 135 Å². The molecule has 0 heterocycles. The van der Waals surface area contributed by atoms with Crippen LogP contribution in [0.15, 0.2) is 48.5 Å². The number of rotatable bonds is 31. The Morgan fingerprint density at radius 1 is 0.439 bits per heavy atom. The van der Waals surface area contributed by atoms with Crippen LogP contribution in [0.3, 0.4) is 0 Å². The van der Waals surface area contributed by atoms with Crippen LogP contribution < -0.4 is 23.7 Å². The topological polar surface area (TPSA) is 108 Å². The van der Waals surface area contributed by atoms with Gasteiger partial charge in [0.15, 0.2) is 11.5 Å². The van der Waals surface area contributed by atoms with Gasteiger partial charge in [0, 0.05) is 19.8 Å². The third kappa shape index (κ3) is 18.3. The van der Waals surface area contributed by atoms with E-state index in [1.54, 1.807) is 36.4 Å². The highest BCUT2D eigenvalue weighted by Crippen LogP contribution is 2.39. The molecular formula is C47H68O10. The summed E-state index contributed by atoms with van der Waals surface area (Å²) in [5.41, 5.74) is 3.86. The summed E-state index contributed by atoms with van der Waals surface area (Å²) in [6.07, 6.45) is 13.5. The Morgan fingerprint density at radius 3 is 1.19 bits per heavy atom. The molecule has 316 valence electrons. The minimum atomic E-state index is -0.624. The fourth-order valence-corrected chi connectivity index (χ4v) is 5.94. The van der Waals surface area contributed by atoms with Gasteiger partial charge in [-0.25, -0.2) is 9.59 Å². The molecule has 0 saturated carbocycles. The van der Waals surface area contributed by atoms with Gasteiger partial charge in [-0.2, -0.15) is 0 Å². The number of ether oxygens (including phenoxy) is 8. The fraction of sp³-hybridized carbons (Fsp3) is 0.574. The van der Waals surface area contributed by atoms with E-state index in [-0.39, 0.29) is 31.1 Å². The van der Waals surface area contributed by atoms with Crippen LogP contribution in [0.5, 0.6) is 28.7 Å². The van der Waals surface area contributed by atoms with Crippen molar-refractivity contribution in [2.75, 3.05) is 59.5 Å². The quantitative estimate of drug-likeness (QED) is 0.0355. The summed E-state index contributed by atoms with van der Waals surface area (Å²) in [5.74, 6) is 0.557. The highest BCUT2D eigenvalue weighted by atomic mass is 16.6. The van der Waals surface area contributed by atoms with E-state index in [2.05, 4.69) is 20.8 Å². The number of hydrogen-bond donors (Lipinski definition) is 0. The Balaban J connectivity index is 1.76. The molecule has 3 rings (SSSR count). The van der Waals surface area contributed by atoms with E-state index < -0.39 is 11.9 Å². The van der Waals surface area contributed by atoms with E-state index in [1.165, 1.54) is 38.5 Å². The molecule has 0 aliphatic rings. The summed E-state index contributed by atoms with van der Waals surface area (Å²) in [4.78, 5) is 26.5. The Bertz CT molecular complexity index is 1520. The Kier molecular flexibility index (Phi) is 23.5. The molecular weight excluding hydrogens is 725 g/mol. The third-order valence-corrected chi connectivity index (χ3v) is 9.54. The molecule has 0 saturated heterocycles. The van der Waals surface area contributed by atoms with E-state index in [0.29, 0.717) is 68.2 Å². The van der Waals surface area contributed by atoms with E-state index in [1.807, 2.05) is 32.9 Å². The molecule has 3 aromatic carbocycles. The monoisotopic (exact) mass is 792 g/mol. The molecule has 0 N–H and O–H groups in total. The molecule has 0 spiro atoms. The van der Waals surface area contributed by atoms with Crippen molar-refractivity contribution in [3.8, 4) is 28.7 Å². The van der Waals surface area contributed by atoms with Crippen LogP contribution in [0.4, 0.5) is 0 Å². The first-order valence-corrected chi connectivity index (χ1v) is 21.2. The first-order valence-electron chi connectivity index (χ1n) is 21.2. The largest absolute Gasteiger partial charge is 0.487 e. The van der Waals surface area contributed by atoms with Gasteiger partial charge in [-0.05, 0) is 105 Å². The Hall–Kier alpha value is -4.12. The van der Waals surface area contributed by atoms with Gasteiger partial charge in [0.25, 0.3) is 0 Å². The number of carbonyl (C=O) groups excluding carboxylic acids is 2. The molecule has 10 heteroatoms. The van der Waals surface area contributed by atoms with E-state index >= 15 is 0 Å². The molecule has 0 radical (unpaired) electrons. The standard InChI is InChI=1S/C47H68O10/c1-7-10-13-16-23-50-26-29-53-43-34-40(47(49)57-42-21-19-41(20-22-42)56-46(48)39-32-36(4)38(6)37(5)33-39)35-44(54-30-27-51-24-17-14-11-8-2)45(43)55-31-28-52-25-18-15-12-9-3/h19-22,32-35H,7-18,23-31H2,1-6H3. The summed E-state index contributed by atoms with van der Waals surface area (Å²) in [5, 5.41) is 0. The molecule has 0 atom stereocenters. The van der Waals surface area contributed by atoms with Gasteiger partial charge in [-0.15, -0.1) is 0 Å². The van der Waals surface area contributed by atoms with Crippen LogP contribution in [-0.4, -0.2) is 71.4 Å². The molecule has 0 fully saturated rings. The number of esters is 2. The lowest BCUT2D eigenvalue weighted by Gasteiger charge is -2.19. The number of benzene rings is 3. The molecule has 0 unspecified atom stereocenters. The average Bonchev–Trinajstić information content (AvgIpc) is 3.20. The van der Waals surface area contributed by atoms with Crippen molar-refractivity contribution in [2.45, 2.75) is 119 Å². The van der Waals surface area contributed by atoms with Crippen LogP contribution >= 0.6 is 0 Å². The molecule has 0 aliphatic heterocycles. The second kappa shape index (κ2) is 28.3. The molecule has 0 aliphatic carbocycles. The number of unbranched alkanes of at least 4 members (excludes halogenated alkanes) is 9. The van der Waals surface area contributed by atoms with Gasteiger partial charge >= 0.3 is 11.9 Å². The molecule has 0 aromatic heterocycles. The molecule has 10 nitrogen and oxygen atoms in total. The molecule has 0 bridgehead atoms. The first kappa shape index (κ1) is 47.3. The maximum absolute atomic E-state index is 13.7. The molecule has 0 amide bonds. The van der Waals surface area contributed by atoms with Gasteiger partial charge in [-0.3, -0.25) is 0 Å². The minimum Gasteiger partial charge on any atom is -0.487 e. The van der Waals surface area contributed by atoms with E-state index in [9.17, 15) is 9.59 Å². The zero-order valence-electron chi connectivity index (χ0n) is 35.6. The van der Waals surface area contributed by atoms with Crippen molar-refractivity contribution in [1.29, 1.82) is 0 Å². The van der Waals surface area contributed by atoms with Crippen molar-refractivity contribution in [2.24, 2.45) is 0 Å². The summed E-state index contributed by atoms with van der Waals surface area (Å²) in [6.45, 7) is 16.4. The average molecular weight is 793 g/mol. The Morgan fingerprint density at radius 2 is 0.807 bits per heavy atom. The number of carbonyl (C=O) groups is 2. The predicted octanol–water partition coefficient (Wildman–Crippen LogP) is 11.0. The second-order valence-electron chi connectivity index (χ2n) is 14.4. The van der Waals surface area contributed by atoms with Crippen molar-refractivity contribution < 1.29 is 47.5 Å². The van der Waals surface area contributed by atoms with E-state index in [0.717, 1.165) is 55.2 Å². The van der Waals surface area contributed by atoms with Gasteiger partial charge in [0.2, 0.25) is 5.75 Å². The van der Waals surface area contributed by atoms with Crippen LogP contribution in [0.25, 0.3) is 0 Å². The number of aryl methyl sites for hydroxylation is 2. The maximum Gasteiger partial charge on any atom is 0.343 e. The summed E-state index contributed by atoms with van der Waals surface area (Å²) < 4.78 is 47.5. The highest BCUT2D eigenvalue weighted by Gasteiger charge is 2.21. The van der Waals surface area contributed by atoms with Gasteiger partial charge in [0.1, 0.15) is 31.3 Å². The first-order chi connectivity index (χ1) is 27.8. The van der Waals surface area contributed by atoms with E-state index in [4.69, 9.17) is 37.9 Å². The third-order valence-electron chi connectivity index (χ3n) is 9.54. The molecule has 57 heavy (non-hydrogen) atoms. The van der Waals surface area contributed by atoms with Gasteiger partial charge in [0.05, 0.1) is 30.9 Å². The Labute approximate surface area is 341 Å². The summed E-state index contributed by atoms with van der Waals surface area (Å²) >= 11 is 0. The summed E-state index contributed by atoms with van der Waals surface area (Å²) in [6, 6.07) is 13.2. The van der Waals surface area contributed by atoms with Crippen LogP contribution in [0, 0.1) is 20.8 Å². The highest BCUT2D eigenvalue weighted by molar-refractivity contribution is 5.93. The zero-order chi connectivity index (χ0) is 41.1. The normalized spacial score (nSPS) is 11.1.